The molecule has 0 bridgehead atoms. The number of pyridine rings is 1. The summed E-state index contributed by atoms with van der Waals surface area (Å²) in [6, 6.07) is 16.7. The summed E-state index contributed by atoms with van der Waals surface area (Å²) in [4.78, 5) is 16.9. The Labute approximate surface area is 223 Å². The molecule has 0 radical (unpaired) electrons. The van der Waals surface area contributed by atoms with Crippen molar-refractivity contribution in [3.8, 4) is 22.9 Å². The minimum Gasteiger partial charge on any atom is -0.493 e. The number of methoxy groups -OCH3 is 3. The number of halogens is 2. The van der Waals surface area contributed by atoms with Crippen LogP contribution in [0.15, 0.2) is 72.9 Å². The summed E-state index contributed by atoms with van der Waals surface area (Å²) in [5.41, 5.74) is 3.51. The molecule has 9 heteroatoms. The molecule has 0 spiro atoms. The number of ether oxygens (including phenoxy) is 3. The van der Waals surface area contributed by atoms with E-state index in [-0.39, 0.29) is 12.1 Å². The minimum atomic E-state index is -0.710. The summed E-state index contributed by atoms with van der Waals surface area (Å²) in [6.45, 7) is 0.167. The van der Waals surface area contributed by atoms with Gasteiger partial charge < -0.3 is 24.1 Å². The maximum absolute atomic E-state index is 13.4. The normalized spacial score (nSPS) is 11.3. The first-order valence-corrected chi connectivity index (χ1v) is 12.0. The molecule has 1 amide bonds. The summed E-state index contributed by atoms with van der Waals surface area (Å²) >= 11 is 0. The molecular formula is C30H25F2N3O4. The second-order valence-electron chi connectivity index (χ2n) is 8.68. The Bertz CT molecular complexity index is 1680. The third-order valence-electron chi connectivity index (χ3n) is 6.28. The van der Waals surface area contributed by atoms with E-state index in [1.54, 1.807) is 27.5 Å². The molecule has 0 unspecified atom stereocenters. The van der Waals surface area contributed by atoms with Crippen LogP contribution in [0.2, 0.25) is 0 Å². The van der Waals surface area contributed by atoms with E-state index >= 15 is 0 Å². The van der Waals surface area contributed by atoms with Crippen LogP contribution < -0.4 is 19.5 Å². The summed E-state index contributed by atoms with van der Waals surface area (Å²) in [5.74, 6) is -0.284. The van der Waals surface area contributed by atoms with Gasteiger partial charge in [0.25, 0.3) is 0 Å². The van der Waals surface area contributed by atoms with E-state index in [9.17, 15) is 13.6 Å². The number of benzene rings is 3. The van der Waals surface area contributed by atoms with Crippen LogP contribution >= 0.6 is 0 Å². The predicted octanol–water partition coefficient (Wildman–Crippen LogP) is 5.81. The van der Waals surface area contributed by atoms with Crippen LogP contribution in [-0.4, -0.2) is 36.8 Å². The molecule has 198 valence electrons. The van der Waals surface area contributed by atoms with Crippen molar-refractivity contribution < 1.29 is 27.8 Å². The Morgan fingerprint density at radius 3 is 2.26 bits per heavy atom. The first kappa shape index (κ1) is 25.7. The molecule has 0 fully saturated rings. The van der Waals surface area contributed by atoms with Crippen molar-refractivity contribution in [2.24, 2.45) is 0 Å². The Hall–Kier alpha value is -4.92. The Balaban J connectivity index is 1.47. The molecule has 1 N–H and O–H groups in total. The lowest BCUT2D eigenvalue weighted by Gasteiger charge is -2.16. The Morgan fingerprint density at radius 2 is 1.59 bits per heavy atom. The lowest BCUT2D eigenvalue weighted by atomic mass is 10.1. The molecule has 2 aromatic heterocycles. The highest BCUT2D eigenvalue weighted by atomic mass is 19.1. The number of carbonyl (C=O) groups excluding carboxylic acids is 1. The van der Waals surface area contributed by atoms with Crippen molar-refractivity contribution in [1.29, 1.82) is 0 Å². The van der Waals surface area contributed by atoms with Crippen LogP contribution in [0.5, 0.6) is 17.2 Å². The van der Waals surface area contributed by atoms with Gasteiger partial charge in [-0.2, -0.15) is 0 Å². The molecule has 5 rings (SSSR count). The quantitative estimate of drug-likeness (QED) is 0.257. The molecular weight excluding hydrogens is 504 g/mol. The summed E-state index contributed by atoms with van der Waals surface area (Å²) < 4.78 is 45.4. The topological polar surface area (TPSA) is 74.6 Å². The minimum absolute atomic E-state index is 0.167. The molecule has 5 aromatic rings. The molecule has 39 heavy (non-hydrogen) atoms. The number of fused-ring (bicyclic) bond motifs is 3. The van der Waals surface area contributed by atoms with Crippen LogP contribution in [0.3, 0.4) is 0 Å². The van der Waals surface area contributed by atoms with Crippen molar-refractivity contribution >= 4 is 33.8 Å². The van der Waals surface area contributed by atoms with Gasteiger partial charge in [-0.05, 0) is 35.9 Å². The first-order chi connectivity index (χ1) is 18.9. The maximum Gasteiger partial charge on any atom is 0.244 e. The van der Waals surface area contributed by atoms with Gasteiger partial charge in [-0.3, -0.25) is 9.78 Å². The zero-order valence-electron chi connectivity index (χ0n) is 21.5. The highest BCUT2D eigenvalue weighted by molar-refractivity contribution is 6.09. The van der Waals surface area contributed by atoms with Crippen LogP contribution in [0.25, 0.3) is 33.6 Å². The summed E-state index contributed by atoms with van der Waals surface area (Å²) in [7, 11) is 4.70. The summed E-state index contributed by atoms with van der Waals surface area (Å²) in [5, 5.41) is 4.72. The number of rotatable bonds is 8. The van der Waals surface area contributed by atoms with Crippen LogP contribution in [-0.2, 0) is 11.3 Å². The second-order valence-corrected chi connectivity index (χ2v) is 8.68. The van der Waals surface area contributed by atoms with Gasteiger partial charge >= 0.3 is 0 Å². The average Bonchev–Trinajstić information content (AvgIpc) is 3.27. The lowest BCUT2D eigenvalue weighted by Crippen LogP contribution is -2.20. The fourth-order valence-electron chi connectivity index (χ4n) is 4.56. The number of hydrogen-bond donors (Lipinski definition) is 1. The number of carbonyl (C=O) groups is 1. The highest BCUT2D eigenvalue weighted by Gasteiger charge is 2.18. The van der Waals surface area contributed by atoms with Crippen LogP contribution in [0.1, 0.15) is 11.3 Å². The van der Waals surface area contributed by atoms with Gasteiger partial charge in [0.15, 0.2) is 11.5 Å². The van der Waals surface area contributed by atoms with Gasteiger partial charge in [-0.15, -0.1) is 0 Å². The van der Waals surface area contributed by atoms with Crippen molar-refractivity contribution in [1.82, 2.24) is 14.9 Å². The van der Waals surface area contributed by atoms with E-state index in [1.807, 2.05) is 42.5 Å². The van der Waals surface area contributed by atoms with E-state index in [0.717, 1.165) is 45.7 Å². The average molecular weight is 530 g/mol. The van der Waals surface area contributed by atoms with Gasteiger partial charge in [0.1, 0.15) is 11.6 Å². The first-order valence-electron chi connectivity index (χ1n) is 12.0. The third kappa shape index (κ3) is 5.11. The predicted molar refractivity (Wildman–Crippen MR) is 145 cm³/mol. The molecule has 0 atom stereocenters. The van der Waals surface area contributed by atoms with E-state index < -0.39 is 17.5 Å². The van der Waals surface area contributed by atoms with Crippen molar-refractivity contribution in [2.75, 3.05) is 21.3 Å². The van der Waals surface area contributed by atoms with Crippen molar-refractivity contribution in [2.45, 2.75) is 6.54 Å². The SMILES string of the molecule is COc1cc(-n2c3ccccc3c3cc(CNC(=O)/C=C/c4cc(F)cc(F)c4)ncc32)cc(OC)c1OC. The monoisotopic (exact) mass is 529 g/mol. The van der Waals surface area contributed by atoms with Gasteiger partial charge in [-0.1, -0.05) is 18.2 Å². The second kappa shape index (κ2) is 10.8. The lowest BCUT2D eigenvalue weighted by molar-refractivity contribution is -0.116. The Kier molecular flexibility index (Phi) is 7.14. The fraction of sp³-hybridized carbons (Fsp3) is 0.133. The molecule has 0 aliphatic heterocycles. The smallest absolute Gasteiger partial charge is 0.244 e. The third-order valence-corrected chi connectivity index (χ3v) is 6.28. The van der Waals surface area contributed by atoms with Crippen molar-refractivity contribution in [3.63, 3.8) is 0 Å². The molecule has 0 saturated carbocycles. The van der Waals surface area contributed by atoms with Crippen molar-refractivity contribution in [3.05, 3.63) is 95.8 Å². The fourth-order valence-corrected chi connectivity index (χ4v) is 4.56. The largest absolute Gasteiger partial charge is 0.493 e. The van der Waals surface area contributed by atoms with Gasteiger partial charge in [0.05, 0.1) is 56.5 Å². The number of hydrogen-bond acceptors (Lipinski definition) is 5. The molecule has 0 aliphatic rings. The highest BCUT2D eigenvalue weighted by Crippen LogP contribution is 2.41. The Morgan fingerprint density at radius 1 is 0.897 bits per heavy atom. The van der Waals surface area contributed by atoms with E-state index in [2.05, 4.69) is 14.9 Å². The zero-order chi connectivity index (χ0) is 27.5. The number of para-hydroxylation sites is 1. The molecule has 0 saturated heterocycles. The zero-order valence-corrected chi connectivity index (χ0v) is 21.5. The standard InChI is InChI=1S/C30H25F2N3O4/c1-37-27-14-22(15-28(38-2)30(27)39-3)35-25-7-5-4-6-23(25)24-13-21(33-17-26(24)35)16-34-29(36)9-8-18-10-19(31)12-20(32)11-18/h4-15,17H,16H2,1-3H3,(H,34,36)/b9-8+. The van der Waals surface area contributed by atoms with Gasteiger partial charge in [0.2, 0.25) is 11.7 Å². The number of amides is 1. The number of nitrogens with zero attached hydrogens (tertiary/aromatic N) is 2. The van der Waals surface area contributed by atoms with Crippen LogP contribution in [0.4, 0.5) is 8.78 Å². The number of nitrogens with one attached hydrogen (secondary N) is 1. The molecule has 2 heterocycles. The number of aromatic nitrogens is 2. The molecule has 7 nitrogen and oxygen atoms in total. The van der Waals surface area contributed by atoms with Crippen LogP contribution in [0, 0.1) is 11.6 Å². The van der Waals surface area contributed by atoms with E-state index in [0.29, 0.717) is 22.9 Å². The molecule has 3 aromatic carbocycles. The molecule has 0 aliphatic carbocycles. The van der Waals surface area contributed by atoms with Gasteiger partial charge in [0, 0.05) is 35.0 Å². The van der Waals surface area contributed by atoms with E-state index in [1.165, 1.54) is 12.2 Å². The summed E-state index contributed by atoms with van der Waals surface area (Å²) in [6.07, 6.45) is 4.33. The van der Waals surface area contributed by atoms with Gasteiger partial charge in [-0.25, -0.2) is 8.78 Å². The van der Waals surface area contributed by atoms with E-state index in [4.69, 9.17) is 14.2 Å². The maximum atomic E-state index is 13.4.